The molecule has 2 aromatic carbocycles. The summed E-state index contributed by atoms with van der Waals surface area (Å²) in [5.74, 6) is 1.56. The Balaban J connectivity index is 2.12. The minimum Gasteiger partial charge on any atom is -0.493 e. The maximum Gasteiger partial charge on any atom is 0.161 e. The Morgan fingerprint density at radius 1 is 1.05 bits per heavy atom. The van der Waals surface area contributed by atoms with E-state index in [1.54, 1.807) is 7.11 Å². The van der Waals surface area contributed by atoms with Gasteiger partial charge in [0.25, 0.3) is 0 Å². The average molecular weight is 285 g/mol. The topological polar surface area (TPSA) is 30.5 Å². The Morgan fingerprint density at radius 3 is 2.48 bits per heavy atom. The maximum atomic E-state index is 5.80. The highest BCUT2D eigenvalue weighted by atomic mass is 16.5. The van der Waals surface area contributed by atoms with E-state index in [-0.39, 0.29) is 6.10 Å². The molecule has 0 bridgehead atoms. The van der Waals surface area contributed by atoms with Crippen LogP contribution in [-0.2, 0) is 6.54 Å². The number of anilines is 1. The molecule has 0 spiro atoms. The van der Waals surface area contributed by atoms with Crippen LogP contribution >= 0.6 is 0 Å². The second-order valence-corrected chi connectivity index (χ2v) is 5.32. The van der Waals surface area contributed by atoms with Gasteiger partial charge in [-0.2, -0.15) is 0 Å². The van der Waals surface area contributed by atoms with Gasteiger partial charge in [-0.05, 0) is 50.1 Å². The normalized spacial score (nSPS) is 10.5. The number of ether oxygens (including phenoxy) is 2. The monoisotopic (exact) mass is 285 g/mol. The van der Waals surface area contributed by atoms with Crippen LogP contribution in [0.15, 0.2) is 42.5 Å². The number of methoxy groups -OCH3 is 1. The summed E-state index contributed by atoms with van der Waals surface area (Å²) in [7, 11) is 1.66. The number of nitrogens with one attached hydrogen (secondary N) is 1. The molecule has 112 valence electrons. The van der Waals surface area contributed by atoms with Crippen molar-refractivity contribution in [2.45, 2.75) is 33.4 Å². The Labute approximate surface area is 126 Å². The van der Waals surface area contributed by atoms with Crippen molar-refractivity contribution in [2.75, 3.05) is 12.4 Å². The molecule has 0 saturated heterocycles. The van der Waals surface area contributed by atoms with Crippen LogP contribution in [-0.4, -0.2) is 13.2 Å². The number of benzene rings is 2. The molecule has 0 aromatic heterocycles. The lowest BCUT2D eigenvalue weighted by Gasteiger charge is -2.15. The van der Waals surface area contributed by atoms with Gasteiger partial charge in [-0.1, -0.05) is 24.3 Å². The predicted octanol–water partition coefficient (Wildman–Crippen LogP) is 4.40. The zero-order valence-corrected chi connectivity index (χ0v) is 13.1. The van der Waals surface area contributed by atoms with E-state index in [1.165, 1.54) is 5.56 Å². The third-order valence-electron chi connectivity index (χ3n) is 3.22. The molecule has 0 fully saturated rings. The Hall–Kier alpha value is -2.16. The van der Waals surface area contributed by atoms with E-state index in [9.17, 15) is 0 Å². The van der Waals surface area contributed by atoms with E-state index in [2.05, 4.69) is 30.4 Å². The van der Waals surface area contributed by atoms with Gasteiger partial charge in [0.1, 0.15) is 0 Å². The fourth-order valence-corrected chi connectivity index (χ4v) is 2.15. The second kappa shape index (κ2) is 7.02. The van der Waals surface area contributed by atoms with Crippen molar-refractivity contribution in [3.05, 3.63) is 53.6 Å². The quantitative estimate of drug-likeness (QED) is 0.853. The summed E-state index contributed by atoms with van der Waals surface area (Å²) in [4.78, 5) is 0. The molecular weight excluding hydrogens is 262 g/mol. The number of rotatable bonds is 6. The van der Waals surface area contributed by atoms with Crippen molar-refractivity contribution < 1.29 is 9.47 Å². The van der Waals surface area contributed by atoms with Gasteiger partial charge in [-0.15, -0.1) is 0 Å². The van der Waals surface area contributed by atoms with E-state index >= 15 is 0 Å². The molecule has 0 heterocycles. The highest BCUT2D eigenvalue weighted by molar-refractivity contribution is 5.51. The first-order chi connectivity index (χ1) is 10.1. The third-order valence-corrected chi connectivity index (χ3v) is 3.22. The summed E-state index contributed by atoms with van der Waals surface area (Å²) in [5.41, 5.74) is 3.55. The third kappa shape index (κ3) is 4.15. The number of para-hydroxylation sites is 1. The summed E-state index contributed by atoms with van der Waals surface area (Å²) < 4.78 is 11.1. The highest BCUT2D eigenvalue weighted by Gasteiger charge is 2.08. The van der Waals surface area contributed by atoms with E-state index in [0.717, 1.165) is 29.3 Å². The van der Waals surface area contributed by atoms with Gasteiger partial charge in [0.05, 0.1) is 13.2 Å². The SMILES string of the molecule is COc1ccc(CNc2ccccc2C)cc1OC(C)C. The Morgan fingerprint density at radius 2 is 1.81 bits per heavy atom. The Kier molecular flexibility index (Phi) is 5.09. The van der Waals surface area contributed by atoms with Crippen LogP contribution < -0.4 is 14.8 Å². The van der Waals surface area contributed by atoms with Crippen molar-refractivity contribution in [2.24, 2.45) is 0 Å². The fourth-order valence-electron chi connectivity index (χ4n) is 2.15. The summed E-state index contributed by atoms with van der Waals surface area (Å²) in [6.45, 7) is 6.88. The molecule has 0 aliphatic carbocycles. The molecule has 2 aromatic rings. The lowest BCUT2D eigenvalue weighted by atomic mass is 10.1. The first kappa shape index (κ1) is 15.2. The molecule has 0 unspecified atom stereocenters. The number of hydrogen-bond donors (Lipinski definition) is 1. The Bertz CT molecular complexity index is 594. The molecule has 0 amide bonds. The van der Waals surface area contributed by atoms with Gasteiger partial charge in [0.15, 0.2) is 11.5 Å². The van der Waals surface area contributed by atoms with Crippen LogP contribution in [0.4, 0.5) is 5.69 Å². The molecule has 0 saturated carbocycles. The highest BCUT2D eigenvalue weighted by Crippen LogP contribution is 2.29. The molecule has 0 radical (unpaired) electrons. The van der Waals surface area contributed by atoms with Gasteiger partial charge in [0.2, 0.25) is 0 Å². The van der Waals surface area contributed by atoms with E-state index in [0.29, 0.717) is 0 Å². The largest absolute Gasteiger partial charge is 0.493 e. The molecule has 21 heavy (non-hydrogen) atoms. The molecule has 3 nitrogen and oxygen atoms in total. The van der Waals surface area contributed by atoms with Gasteiger partial charge in [-0.3, -0.25) is 0 Å². The van der Waals surface area contributed by atoms with Crippen LogP contribution in [0.25, 0.3) is 0 Å². The average Bonchev–Trinajstić information content (AvgIpc) is 2.46. The second-order valence-electron chi connectivity index (χ2n) is 5.32. The smallest absolute Gasteiger partial charge is 0.161 e. The molecular formula is C18H23NO2. The number of hydrogen-bond acceptors (Lipinski definition) is 3. The standard InChI is InChI=1S/C18H23NO2/c1-13(2)21-18-11-15(9-10-17(18)20-4)12-19-16-8-6-5-7-14(16)3/h5-11,13,19H,12H2,1-4H3. The van der Waals surface area contributed by atoms with Crippen molar-refractivity contribution in [3.8, 4) is 11.5 Å². The van der Waals surface area contributed by atoms with Crippen LogP contribution in [0.3, 0.4) is 0 Å². The van der Waals surface area contributed by atoms with Crippen LogP contribution in [0.1, 0.15) is 25.0 Å². The molecule has 0 atom stereocenters. The molecule has 2 rings (SSSR count). The summed E-state index contributed by atoms with van der Waals surface area (Å²) >= 11 is 0. The lowest BCUT2D eigenvalue weighted by molar-refractivity contribution is 0.230. The zero-order chi connectivity index (χ0) is 15.2. The van der Waals surface area contributed by atoms with E-state index in [4.69, 9.17) is 9.47 Å². The van der Waals surface area contributed by atoms with Gasteiger partial charge in [-0.25, -0.2) is 0 Å². The van der Waals surface area contributed by atoms with Gasteiger partial charge < -0.3 is 14.8 Å². The minimum absolute atomic E-state index is 0.124. The summed E-state index contributed by atoms with van der Waals surface area (Å²) in [5, 5.41) is 3.45. The maximum absolute atomic E-state index is 5.80. The lowest BCUT2D eigenvalue weighted by Crippen LogP contribution is -2.08. The van der Waals surface area contributed by atoms with E-state index < -0.39 is 0 Å². The van der Waals surface area contributed by atoms with Crippen molar-refractivity contribution in [1.82, 2.24) is 0 Å². The van der Waals surface area contributed by atoms with Crippen molar-refractivity contribution >= 4 is 5.69 Å². The van der Waals surface area contributed by atoms with Crippen LogP contribution in [0.5, 0.6) is 11.5 Å². The molecule has 0 aliphatic rings. The van der Waals surface area contributed by atoms with Crippen LogP contribution in [0, 0.1) is 6.92 Å². The fraction of sp³-hybridized carbons (Fsp3) is 0.333. The van der Waals surface area contributed by atoms with Gasteiger partial charge >= 0.3 is 0 Å². The van der Waals surface area contributed by atoms with Crippen LogP contribution in [0.2, 0.25) is 0 Å². The van der Waals surface area contributed by atoms with Crippen molar-refractivity contribution in [3.63, 3.8) is 0 Å². The van der Waals surface area contributed by atoms with Crippen molar-refractivity contribution in [1.29, 1.82) is 0 Å². The first-order valence-electron chi connectivity index (χ1n) is 7.23. The number of aryl methyl sites for hydroxylation is 1. The molecule has 3 heteroatoms. The minimum atomic E-state index is 0.124. The molecule has 1 N–H and O–H groups in total. The zero-order valence-electron chi connectivity index (χ0n) is 13.1. The first-order valence-corrected chi connectivity index (χ1v) is 7.23. The molecule has 0 aliphatic heterocycles. The summed E-state index contributed by atoms with van der Waals surface area (Å²) in [6.07, 6.45) is 0.124. The van der Waals surface area contributed by atoms with E-state index in [1.807, 2.05) is 38.1 Å². The predicted molar refractivity (Wildman–Crippen MR) is 87.3 cm³/mol. The van der Waals surface area contributed by atoms with Gasteiger partial charge in [0, 0.05) is 12.2 Å². The summed E-state index contributed by atoms with van der Waals surface area (Å²) in [6, 6.07) is 14.3.